The Balaban J connectivity index is 2.31. The Bertz CT molecular complexity index is 381. The largest absolute Gasteiger partial charge is 0.387 e. The highest BCUT2D eigenvalue weighted by atomic mass is 35.5. The van der Waals surface area contributed by atoms with Crippen molar-refractivity contribution in [3.63, 3.8) is 0 Å². The number of amidine groups is 1. The second-order valence-corrected chi connectivity index (χ2v) is 4.10. The van der Waals surface area contributed by atoms with Crippen LogP contribution in [0.4, 0.5) is 5.69 Å². The summed E-state index contributed by atoms with van der Waals surface area (Å²) in [4.78, 5) is 4.39. The normalized spacial score (nSPS) is 17.1. The molecule has 3 heteroatoms. The van der Waals surface area contributed by atoms with Gasteiger partial charge in [0.25, 0.3) is 0 Å². The molecule has 1 aromatic rings. The molecule has 1 aliphatic carbocycles. The topological polar surface area (TPSA) is 38.4 Å². The molecule has 0 radical (unpaired) electrons. The van der Waals surface area contributed by atoms with Crippen molar-refractivity contribution in [2.45, 2.75) is 19.8 Å². The second kappa shape index (κ2) is 3.62. The highest BCUT2D eigenvalue weighted by Crippen LogP contribution is 2.31. The van der Waals surface area contributed by atoms with Crippen LogP contribution in [0.1, 0.15) is 18.4 Å². The Labute approximate surface area is 88.8 Å². The lowest BCUT2D eigenvalue weighted by molar-refractivity contribution is 1.15. The van der Waals surface area contributed by atoms with Crippen molar-refractivity contribution in [1.82, 2.24) is 0 Å². The Morgan fingerprint density at radius 1 is 1.50 bits per heavy atom. The molecule has 0 aromatic heterocycles. The predicted molar refractivity (Wildman–Crippen MR) is 60.2 cm³/mol. The molecule has 74 valence electrons. The van der Waals surface area contributed by atoms with E-state index in [2.05, 4.69) is 4.99 Å². The van der Waals surface area contributed by atoms with E-state index < -0.39 is 0 Å². The molecule has 1 aliphatic rings. The van der Waals surface area contributed by atoms with Gasteiger partial charge in [0.05, 0.1) is 5.69 Å². The van der Waals surface area contributed by atoms with Crippen molar-refractivity contribution < 1.29 is 0 Å². The molecule has 1 fully saturated rings. The molecular weight excluding hydrogens is 196 g/mol. The summed E-state index contributed by atoms with van der Waals surface area (Å²) >= 11 is 5.98. The third-order valence-corrected chi connectivity index (χ3v) is 2.89. The summed E-state index contributed by atoms with van der Waals surface area (Å²) in [6.45, 7) is 1.96. The molecular formula is C11H13ClN2. The SMILES string of the molecule is Cc1c(Cl)cccc1N=C(N)C1CC1. The van der Waals surface area contributed by atoms with Gasteiger partial charge < -0.3 is 5.73 Å². The van der Waals surface area contributed by atoms with Gasteiger partial charge in [-0.3, -0.25) is 0 Å². The van der Waals surface area contributed by atoms with E-state index in [1.54, 1.807) is 0 Å². The minimum absolute atomic E-state index is 0.508. The molecule has 2 rings (SSSR count). The quantitative estimate of drug-likeness (QED) is 0.589. The fraction of sp³-hybridized carbons (Fsp3) is 0.364. The molecule has 0 spiro atoms. The first kappa shape index (κ1) is 9.53. The van der Waals surface area contributed by atoms with Gasteiger partial charge in [-0.15, -0.1) is 0 Å². The van der Waals surface area contributed by atoms with Crippen LogP contribution in [0.2, 0.25) is 5.02 Å². The maximum atomic E-state index is 5.98. The van der Waals surface area contributed by atoms with E-state index in [9.17, 15) is 0 Å². The number of benzene rings is 1. The molecule has 2 N–H and O–H groups in total. The Kier molecular flexibility index (Phi) is 2.46. The van der Waals surface area contributed by atoms with Crippen molar-refractivity contribution in [3.05, 3.63) is 28.8 Å². The molecule has 0 atom stereocenters. The van der Waals surface area contributed by atoms with Gasteiger partial charge in [-0.2, -0.15) is 0 Å². The van der Waals surface area contributed by atoms with E-state index in [1.165, 1.54) is 12.8 Å². The third kappa shape index (κ3) is 1.90. The van der Waals surface area contributed by atoms with E-state index in [-0.39, 0.29) is 0 Å². The molecule has 14 heavy (non-hydrogen) atoms. The van der Waals surface area contributed by atoms with Crippen LogP contribution in [0.3, 0.4) is 0 Å². The first-order valence-electron chi connectivity index (χ1n) is 4.77. The van der Waals surface area contributed by atoms with Crippen LogP contribution in [0, 0.1) is 12.8 Å². The van der Waals surface area contributed by atoms with Crippen molar-refractivity contribution in [3.8, 4) is 0 Å². The molecule has 0 heterocycles. The lowest BCUT2D eigenvalue weighted by atomic mass is 10.2. The smallest absolute Gasteiger partial charge is 0.103 e. The first-order chi connectivity index (χ1) is 6.68. The zero-order valence-electron chi connectivity index (χ0n) is 8.13. The van der Waals surface area contributed by atoms with E-state index in [0.29, 0.717) is 5.92 Å². The van der Waals surface area contributed by atoms with Crippen molar-refractivity contribution in [1.29, 1.82) is 0 Å². The summed E-state index contributed by atoms with van der Waals surface area (Å²) in [6, 6.07) is 5.70. The summed E-state index contributed by atoms with van der Waals surface area (Å²) in [5, 5.41) is 0.745. The highest BCUT2D eigenvalue weighted by molar-refractivity contribution is 6.31. The number of hydrogen-bond donors (Lipinski definition) is 1. The van der Waals surface area contributed by atoms with Gasteiger partial charge >= 0.3 is 0 Å². The number of halogens is 1. The maximum absolute atomic E-state index is 5.98. The average Bonchev–Trinajstić information content (AvgIpc) is 2.95. The van der Waals surface area contributed by atoms with Gasteiger partial charge in [-0.25, -0.2) is 4.99 Å². The predicted octanol–water partition coefficient (Wildman–Crippen LogP) is 3.05. The monoisotopic (exact) mass is 208 g/mol. The zero-order valence-corrected chi connectivity index (χ0v) is 8.88. The van der Waals surface area contributed by atoms with Gasteiger partial charge in [0.15, 0.2) is 0 Å². The standard InChI is InChI=1S/C11H13ClN2/c1-7-9(12)3-2-4-10(7)14-11(13)8-5-6-8/h2-4,8H,5-6H2,1H3,(H2,13,14). The van der Waals surface area contributed by atoms with Crippen LogP contribution < -0.4 is 5.73 Å². The molecule has 2 nitrogen and oxygen atoms in total. The van der Waals surface area contributed by atoms with Crippen molar-refractivity contribution in [2.75, 3.05) is 0 Å². The third-order valence-electron chi connectivity index (χ3n) is 2.48. The number of nitrogens with zero attached hydrogens (tertiary/aromatic N) is 1. The van der Waals surface area contributed by atoms with E-state index >= 15 is 0 Å². The Hall–Kier alpha value is -1.02. The van der Waals surface area contributed by atoms with Crippen LogP contribution in [0.15, 0.2) is 23.2 Å². The molecule has 0 aliphatic heterocycles. The summed E-state index contributed by atoms with van der Waals surface area (Å²) in [5.74, 6) is 1.25. The molecule has 0 bridgehead atoms. The highest BCUT2D eigenvalue weighted by Gasteiger charge is 2.25. The molecule has 0 amide bonds. The summed E-state index contributed by atoms with van der Waals surface area (Å²) in [7, 11) is 0. The van der Waals surface area contributed by atoms with Crippen LogP contribution in [-0.2, 0) is 0 Å². The molecule has 1 aromatic carbocycles. The van der Waals surface area contributed by atoms with Gasteiger partial charge in [0, 0.05) is 10.9 Å². The van der Waals surface area contributed by atoms with E-state index in [0.717, 1.165) is 22.1 Å². The lowest BCUT2D eigenvalue weighted by Gasteiger charge is -2.03. The van der Waals surface area contributed by atoms with Gasteiger partial charge in [0.1, 0.15) is 5.84 Å². The Morgan fingerprint density at radius 2 is 2.21 bits per heavy atom. The van der Waals surface area contributed by atoms with Crippen LogP contribution in [-0.4, -0.2) is 5.84 Å². The number of rotatable bonds is 2. The first-order valence-corrected chi connectivity index (χ1v) is 5.15. The minimum Gasteiger partial charge on any atom is -0.387 e. The number of aliphatic imine (C=N–C) groups is 1. The van der Waals surface area contributed by atoms with Crippen LogP contribution >= 0.6 is 11.6 Å². The van der Waals surface area contributed by atoms with E-state index in [4.69, 9.17) is 17.3 Å². The van der Waals surface area contributed by atoms with Gasteiger partial charge in [-0.05, 0) is 37.5 Å². The van der Waals surface area contributed by atoms with Crippen LogP contribution in [0.5, 0.6) is 0 Å². The van der Waals surface area contributed by atoms with Gasteiger partial charge in [-0.1, -0.05) is 17.7 Å². The number of hydrogen-bond acceptors (Lipinski definition) is 1. The average molecular weight is 209 g/mol. The minimum atomic E-state index is 0.508. The summed E-state index contributed by atoms with van der Waals surface area (Å²) < 4.78 is 0. The van der Waals surface area contributed by atoms with Gasteiger partial charge in [0.2, 0.25) is 0 Å². The fourth-order valence-electron chi connectivity index (χ4n) is 1.33. The number of nitrogens with two attached hydrogens (primary N) is 1. The zero-order chi connectivity index (χ0) is 10.1. The molecule has 0 unspecified atom stereocenters. The Morgan fingerprint density at radius 3 is 2.86 bits per heavy atom. The maximum Gasteiger partial charge on any atom is 0.103 e. The lowest BCUT2D eigenvalue weighted by Crippen LogP contribution is -2.13. The van der Waals surface area contributed by atoms with E-state index in [1.807, 2.05) is 25.1 Å². The molecule has 1 saturated carbocycles. The second-order valence-electron chi connectivity index (χ2n) is 3.69. The van der Waals surface area contributed by atoms with Crippen molar-refractivity contribution >= 4 is 23.1 Å². The molecule has 0 saturated heterocycles. The van der Waals surface area contributed by atoms with Crippen LogP contribution in [0.25, 0.3) is 0 Å². The van der Waals surface area contributed by atoms with Crippen molar-refractivity contribution in [2.24, 2.45) is 16.6 Å². The fourth-order valence-corrected chi connectivity index (χ4v) is 1.50. The summed E-state index contributed by atoms with van der Waals surface area (Å²) in [6.07, 6.45) is 2.35. The summed E-state index contributed by atoms with van der Waals surface area (Å²) in [5.41, 5.74) is 7.73.